The van der Waals surface area contributed by atoms with Gasteiger partial charge >= 0.3 is 0 Å². The number of benzene rings is 1. The fraction of sp³-hybridized carbons (Fsp3) is 0.588. The van der Waals surface area contributed by atoms with E-state index in [1.807, 2.05) is 0 Å². The van der Waals surface area contributed by atoms with Crippen LogP contribution >= 0.6 is 0 Å². The highest BCUT2D eigenvalue weighted by atomic mass is 16.1. The first-order valence-corrected chi connectivity index (χ1v) is 7.15. The highest BCUT2D eigenvalue weighted by molar-refractivity contribution is 5.82. The van der Waals surface area contributed by atoms with E-state index in [0.29, 0.717) is 17.6 Å². The number of rotatable bonds is 5. The standard InChI is InChI=1S/C17H24O/c1-12(2)8-13(3)9-17(18)16-10-14-6-4-5-7-15(14)11-16/h4-7,12-13,16H,8-11H2,1-3H3. The zero-order valence-corrected chi connectivity index (χ0v) is 11.8. The molecule has 0 saturated carbocycles. The van der Waals surface area contributed by atoms with Gasteiger partial charge in [0.15, 0.2) is 0 Å². The third-order valence-corrected chi connectivity index (χ3v) is 3.93. The second kappa shape index (κ2) is 5.69. The largest absolute Gasteiger partial charge is 0.299 e. The number of carbonyl (C=O) groups is 1. The summed E-state index contributed by atoms with van der Waals surface area (Å²) in [6.45, 7) is 6.67. The predicted octanol–water partition coefficient (Wildman–Crippen LogP) is 4.04. The number of fused-ring (bicyclic) bond motifs is 1. The zero-order valence-electron chi connectivity index (χ0n) is 11.8. The van der Waals surface area contributed by atoms with E-state index < -0.39 is 0 Å². The van der Waals surface area contributed by atoms with Gasteiger partial charge in [-0.05, 0) is 42.2 Å². The van der Waals surface area contributed by atoms with Crippen LogP contribution in [0.5, 0.6) is 0 Å². The molecule has 1 aromatic rings. The van der Waals surface area contributed by atoms with Crippen molar-refractivity contribution in [1.82, 2.24) is 0 Å². The van der Waals surface area contributed by atoms with Gasteiger partial charge in [0.05, 0.1) is 0 Å². The Morgan fingerprint density at radius 3 is 2.22 bits per heavy atom. The van der Waals surface area contributed by atoms with Crippen LogP contribution in [0.2, 0.25) is 0 Å². The van der Waals surface area contributed by atoms with Gasteiger partial charge in [0, 0.05) is 12.3 Å². The lowest BCUT2D eigenvalue weighted by Gasteiger charge is -2.15. The van der Waals surface area contributed by atoms with Gasteiger partial charge in [-0.25, -0.2) is 0 Å². The maximum atomic E-state index is 12.3. The molecule has 1 atom stereocenters. The summed E-state index contributed by atoms with van der Waals surface area (Å²) in [5.74, 6) is 1.94. The molecule has 1 nitrogen and oxygen atoms in total. The molecule has 0 bridgehead atoms. The van der Waals surface area contributed by atoms with Crippen LogP contribution < -0.4 is 0 Å². The Kier molecular flexibility index (Phi) is 4.21. The Morgan fingerprint density at radius 2 is 1.72 bits per heavy atom. The molecule has 1 heteroatoms. The van der Waals surface area contributed by atoms with E-state index in [1.165, 1.54) is 11.1 Å². The molecule has 18 heavy (non-hydrogen) atoms. The van der Waals surface area contributed by atoms with E-state index in [4.69, 9.17) is 0 Å². The molecule has 0 heterocycles. The first-order valence-electron chi connectivity index (χ1n) is 7.15. The lowest BCUT2D eigenvalue weighted by atomic mass is 9.89. The van der Waals surface area contributed by atoms with Gasteiger partial charge in [-0.3, -0.25) is 4.79 Å². The lowest BCUT2D eigenvalue weighted by molar-refractivity contribution is -0.123. The highest BCUT2D eigenvalue weighted by Gasteiger charge is 2.27. The number of carbonyl (C=O) groups excluding carboxylic acids is 1. The van der Waals surface area contributed by atoms with Gasteiger partial charge in [0.2, 0.25) is 0 Å². The molecule has 0 aromatic heterocycles. The van der Waals surface area contributed by atoms with Gasteiger partial charge < -0.3 is 0 Å². The quantitative estimate of drug-likeness (QED) is 0.764. The first-order chi connectivity index (χ1) is 8.56. The highest BCUT2D eigenvalue weighted by Crippen LogP contribution is 2.29. The molecule has 0 spiro atoms. The van der Waals surface area contributed by atoms with E-state index in [9.17, 15) is 4.79 Å². The minimum atomic E-state index is 0.247. The molecule has 0 fully saturated rings. The number of Topliss-reactive ketones (excluding diaryl/α,β-unsaturated/α-hetero) is 1. The molecule has 1 unspecified atom stereocenters. The van der Waals surface area contributed by atoms with Crippen molar-refractivity contribution in [2.75, 3.05) is 0 Å². The fourth-order valence-electron chi connectivity index (χ4n) is 3.18. The summed E-state index contributed by atoms with van der Waals surface area (Å²) in [5, 5.41) is 0. The maximum Gasteiger partial charge on any atom is 0.136 e. The van der Waals surface area contributed by atoms with E-state index in [2.05, 4.69) is 45.0 Å². The second-order valence-corrected chi connectivity index (χ2v) is 6.28. The Hall–Kier alpha value is -1.11. The Labute approximate surface area is 111 Å². The average Bonchev–Trinajstić information content (AvgIpc) is 2.71. The Balaban J connectivity index is 1.89. The molecular formula is C17H24O. The minimum Gasteiger partial charge on any atom is -0.299 e. The van der Waals surface area contributed by atoms with Crippen molar-refractivity contribution in [1.29, 1.82) is 0 Å². The van der Waals surface area contributed by atoms with Crippen LogP contribution in [0.1, 0.15) is 44.7 Å². The van der Waals surface area contributed by atoms with Crippen molar-refractivity contribution in [2.45, 2.75) is 46.5 Å². The van der Waals surface area contributed by atoms with Gasteiger partial charge in [-0.1, -0.05) is 45.0 Å². The van der Waals surface area contributed by atoms with Crippen LogP contribution in [-0.4, -0.2) is 5.78 Å². The molecule has 98 valence electrons. The fourth-order valence-corrected chi connectivity index (χ4v) is 3.18. The number of hydrogen-bond donors (Lipinski definition) is 0. The summed E-state index contributed by atoms with van der Waals surface area (Å²) in [5.41, 5.74) is 2.76. The summed E-state index contributed by atoms with van der Waals surface area (Å²) in [6, 6.07) is 8.49. The smallest absolute Gasteiger partial charge is 0.136 e. The van der Waals surface area contributed by atoms with E-state index >= 15 is 0 Å². The summed E-state index contributed by atoms with van der Waals surface area (Å²) in [4.78, 5) is 12.3. The predicted molar refractivity (Wildman–Crippen MR) is 75.6 cm³/mol. The molecule has 1 aromatic carbocycles. The van der Waals surface area contributed by atoms with E-state index in [-0.39, 0.29) is 5.92 Å². The zero-order chi connectivity index (χ0) is 13.1. The van der Waals surface area contributed by atoms with Crippen molar-refractivity contribution in [3.05, 3.63) is 35.4 Å². The second-order valence-electron chi connectivity index (χ2n) is 6.28. The summed E-state index contributed by atoms with van der Waals surface area (Å²) in [6.07, 6.45) is 3.84. The molecule has 2 rings (SSSR count). The first kappa shape index (κ1) is 13.3. The van der Waals surface area contributed by atoms with Gasteiger partial charge in [-0.2, -0.15) is 0 Å². The van der Waals surface area contributed by atoms with Gasteiger partial charge in [0.1, 0.15) is 5.78 Å². The monoisotopic (exact) mass is 244 g/mol. The third-order valence-electron chi connectivity index (χ3n) is 3.93. The molecule has 0 radical (unpaired) electrons. The molecule has 0 saturated heterocycles. The molecule has 0 amide bonds. The van der Waals surface area contributed by atoms with Gasteiger partial charge in [0.25, 0.3) is 0 Å². The summed E-state index contributed by atoms with van der Waals surface area (Å²) < 4.78 is 0. The topological polar surface area (TPSA) is 17.1 Å². The molecule has 1 aliphatic carbocycles. The molecular weight excluding hydrogens is 220 g/mol. The Bertz CT molecular complexity index is 394. The van der Waals surface area contributed by atoms with Crippen molar-refractivity contribution in [3.63, 3.8) is 0 Å². The maximum absolute atomic E-state index is 12.3. The molecule has 1 aliphatic rings. The average molecular weight is 244 g/mol. The third kappa shape index (κ3) is 3.22. The minimum absolute atomic E-state index is 0.247. The number of hydrogen-bond acceptors (Lipinski definition) is 1. The van der Waals surface area contributed by atoms with Crippen LogP contribution in [0.15, 0.2) is 24.3 Å². The van der Waals surface area contributed by atoms with E-state index in [1.54, 1.807) is 0 Å². The summed E-state index contributed by atoms with van der Waals surface area (Å²) in [7, 11) is 0. The van der Waals surface area contributed by atoms with Crippen molar-refractivity contribution in [2.24, 2.45) is 17.8 Å². The normalized spacial score (nSPS) is 16.9. The number of ketones is 1. The Morgan fingerprint density at radius 1 is 1.17 bits per heavy atom. The summed E-state index contributed by atoms with van der Waals surface area (Å²) >= 11 is 0. The van der Waals surface area contributed by atoms with Crippen LogP contribution in [0.25, 0.3) is 0 Å². The van der Waals surface area contributed by atoms with Crippen LogP contribution in [0.3, 0.4) is 0 Å². The van der Waals surface area contributed by atoms with Crippen molar-refractivity contribution < 1.29 is 4.79 Å². The van der Waals surface area contributed by atoms with Crippen LogP contribution in [0, 0.1) is 17.8 Å². The van der Waals surface area contributed by atoms with Crippen LogP contribution in [-0.2, 0) is 17.6 Å². The van der Waals surface area contributed by atoms with E-state index in [0.717, 1.165) is 25.7 Å². The molecule has 0 N–H and O–H groups in total. The SMILES string of the molecule is CC(C)CC(C)CC(=O)C1Cc2ccccc2C1. The van der Waals surface area contributed by atoms with Crippen molar-refractivity contribution in [3.8, 4) is 0 Å². The van der Waals surface area contributed by atoms with Crippen molar-refractivity contribution >= 4 is 5.78 Å². The lowest BCUT2D eigenvalue weighted by Crippen LogP contribution is -2.18. The van der Waals surface area contributed by atoms with Gasteiger partial charge in [-0.15, -0.1) is 0 Å². The molecule has 0 aliphatic heterocycles. The van der Waals surface area contributed by atoms with Crippen LogP contribution in [0.4, 0.5) is 0 Å².